The molecule has 7 rings (SSSR count). The number of cyclic esters (lactones) is 1. The average Bonchev–Trinajstić information content (AvgIpc) is 3.60. The standard InChI is InChI=1S/C34H52O14/c1-31-7-3-17(46-30-27(41)25(39)28(22(13-35)47-30)48-29-26(40)24(38)21(36)15-45-29)12-33(31,42)9-5-20-19(31)4-8-32(2)18(6-10-34(20,32)43)16-11-23(37)44-14-16/h11,17-22,24-30,35-36,38-43H,3-10,12-15H2,1-2H3/t17-,18+,19-,20+,21+,22+,24-,25-,26+,27+,28+,29-,30+,31+,32+,33-,34-/m0/s1. The van der Waals surface area contributed by atoms with Crippen molar-refractivity contribution in [3.63, 3.8) is 0 Å². The lowest BCUT2D eigenvalue weighted by Gasteiger charge is -2.66. The van der Waals surface area contributed by atoms with Crippen molar-refractivity contribution >= 4 is 5.97 Å². The van der Waals surface area contributed by atoms with Gasteiger partial charge in [-0.1, -0.05) is 13.8 Å². The molecule has 0 aromatic rings. The molecule has 3 heterocycles. The number of carbonyl (C=O) groups excluding carboxylic acids is 1. The van der Waals surface area contributed by atoms with Crippen LogP contribution >= 0.6 is 0 Å². The van der Waals surface area contributed by atoms with Crippen LogP contribution in [0.3, 0.4) is 0 Å². The molecule has 7 aliphatic rings. The topological polar surface area (TPSA) is 225 Å². The summed E-state index contributed by atoms with van der Waals surface area (Å²) in [6, 6.07) is 0. The Morgan fingerprint density at radius 2 is 1.54 bits per heavy atom. The highest BCUT2D eigenvalue weighted by Crippen LogP contribution is 2.70. The Morgan fingerprint density at radius 3 is 2.25 bits per heavy atom. The fourth-order valence-corrected chi connectivity index (χ4v) is 11.1. The lowest BCUT2D eigenvalue weighted by atomic mass is 9.42. The second-order valence-electron chi connectivity index (χ2n) is 16.1. The van der Waals surface area contributed by atoms with Crippen molar-refractivity contribution < 1.29 is 69.3 Å². The molecule has 6 fully saturated rings. The third-order valence-corrected chi connectivity index (χ3v) is 14.0. The van der Waals surface area contributed by atoms with E-state index >= 15 is 0 Å². The number of aliphatic hydroxyl groups is 8. The smallest absolute Gasteiger partial charge is 0.331 e. The minimum Gasteiger partial charge on any atom is -0.458 e. The minimum absolute atomic E-state index is 0.000419. The van der Waals surface area contributed by atoms with Gasteiger partial charge < -0.3 is 64.5 Å². The van der Waals surface area contributed by atoms with E-state index in [1.807, 2.05) is 0 Å². The van der Waals surface area contributed by atoms with E-state index in [1.54, 1.807) is 6.08 Å². The number of rotatable bonds is 6. The second-order valence-corrected chi connectivity index (χ2v) is 16.1. The van der Waals surface area contributed by atoms with Crippen LogP contribution in [0, 0.1) is 28.6 Å². The van der Waals surface area contributed by atoms with Crippen LogP contribution < -0.4 is 0 Å². The normalized spacial score (nSPS) is 55.3. The molecule has 0 amide bonds. The molecule has 48 heavy (non-hydrogen) atoms. The molecule has 8 N–H and O–H groups in total. The molecule has 17 atom stereocenters. The maximum absolute atomic E-state index is 12.5. The van der Waals surface area contributed by atoms with E-state index in [0.29, 0.717) is 38.7 Å². The van der Waals surface area contributed by atoms with E-state index in [9.17, 15) is 45.6 Å². The summed E-state index contributed by atoms with van der Waals surface area (Å²) in [7, 11) is 0. The Morgan fingerprint density at radius 1 is 0.833 bits per heavy atom. The van der Waals surface area contributed by atoms with Crippen LogP contribution in [-0.4, -0.2) is 139 Å². The number of aliphatic hydroxyl groups excluding tert-OH is 6. The van der Waals surface area contributed by atoms with Crippen molar-refractivity contribution in [3.05, 3.63) is 11.6 Å². The van der Waals surface area contributed by atoms with Crippen molar-refractivity contribution in [3.8, 4) is 0 Å². The Labute approximate surface area is 279 Å². The first kappa shape index (κ1) is 35.1. The number of carbonyl (C=O) groups is 1. The van der Waals surface area contributed by atoms with Gasteiger partial charge in [0.05, 0.1) is 30.5 Å². The van der Waals surface area contributed by atoms with E-state index in [0.717, 1.165) is 24.8 Å². The average molecular weight is 685 g/mol. The molecule has 2 saturated heterocycles. The monoisotopic (exact) mass is 684 g/mol. The molecule has 0 spiro atoms. The van der Waals surface area contributed by atoms with Gasteiger partial charge in [-0.15, -0.1) is 0 Å². The van der Waals surface area contributed by atoms with Gasteiger partial charge in [-0.3, -0.25) is 0 Å². The molecule has 4 saturated carbocycles. The molecule has 0 radical (unpaired) electrons. The van der Waals surface area contributed by atoms with Crippen LogP contribution in [0.4, 0.5) is 0 Å². The number of esters is 1. The zero-order valence-electron chi connectivity index (χ0n) is 27.6. The Balaban J connectivity index is 1.02. The predicted molar refractivity (Wildman–Crippen MR) is 162 cm³/mol. The van der Waals surface area contributed by atoms with Crippen molar-refractivity contribution in [2.24, 2.45) is 28.6 Å². The van der Waals surface area contributed by atoms with Crippen LogP contribution in [0.15, 0.2) is 11.6 Å². The summed E-state index contributed by atoms with van der Waals surface area (Å²) in [4.78, 5) is 11.9. The first-order valence-electron chi connectivity index (χ1n) is 17.6. The Bertz CT molecular complexity index is 1260. The summed E-state index contributed by atoms with van der Waals surface area (Å²) in [5.74, 6) is -0.155. The van der Waals surface area contributed by atoms with Gasteiger partial charge in [0.2, 0.25) is 0 Å². The quantitative estimate of drug-likeness (QED) is 0.124. The lowest BCUT2D eigenvalue weighted by Crippen LogP contribution is -2.68. The summed E-state index contributed by atoms with van der Waals surface area (Å²) in [5, 5.41) is 86.9. The van der Waals surface area contributed by atoms with Crippen LogP contribution in [0.1, 0.15) is 71.6 Å². The van der Waals surface area contributed by atoms with E-state index in [-0.39, 0.29) is 42.2 Å². The maximum Gasteiger partial charge on any atom is 0.331 e. The molecule has 4 aliphatic carbocycles. The summed E-state index contributed by atoms with van der Waals surface area (Å²) in [6.07, 6.45) is -6.39. The number of hydrogen-bond donors (Lipinski definition) is 8. The zero-order chi connectivity index (χ0) is 34.4. The van der Waals surface area contributed by atoms with Gasteiger partial charge in [0, 0.05) is 17.9 Å². The van der Waals surface area contributed by atoms with E-state index in [4.69, 9.17) is 23.7 Å². The van der Waals surface area contributed by atoms with Crippen LogP contribution in [0.25, 0.3) is 0 Å². The first-order chi connectivity index (χ1) is 22.7. The predicted octanol–water partition coefficient (Wildman–Crippen LogP) is -0.993. The molecular weight excluding hydrogens is 632 g/mol. The van der Waals surface area contributed by atoms with E-state index in [2.05, 4.69) is 13.8 Å². The van der Waals surface area contributed by atoms with Gasteiger partial charge in [0.15, 0.2) is 12.6 Å². The summed E-state index contributed by atoms with van der Waals surface area (Å²) < 4.78 is 28.2. The molecule has 14 heteroatoms. The molecule has 3 aliphatic heterocycles. The number of fused-ring (bicyclic) bond motifs is 5. The molecule has 272 valence electrons. The summed E-state index contributed by atoms with van der Waals surface area (Å²) in [5.41, 5.74) is -1.93. The maximum atomic E-state index is 12.5. The molecule has 14 nitrogen and oxygen atoms in total. The zero-order valence-corrected chi connectivity index (χ0v) is 27.6. The number of ether oxygens (including phenoxy) is 5. The molecular formula is C34H52O14. The minimum atomic E-state index is -1.64. The highest BCUT2D eigenvalue weighted by Gasteiger charge is 2.70. The Hall–Kier alpha value is -1.27. The van der Waals surface area contributed by atoms with E-state index < -0.39 is 84.6 Å². The molecule has 0 aromatic carbocycles. The van der Waals surface area contributed by atoms with Gasteiger partial charge in [-0.05, 0) is 80.1 Å². The van der Waals surface area contributed by atoms with Crippen molar-refractivity contribution in [2.45, 2.75) is 144 Å². The van der Waals surface area contributed by atoms with Gasteiger partial charge in [0.25, 0.3) is 0 Å². The van der Waals surface area contributed by atoms with Gasteiger partial charge in [-0.25, -0.2) is 4.79 Å². The highest BCUT2D eigenvalue weighted by atomic mass is 16.7. The molecule has 0 bridgehead atoms. The van der Waals surface area contributed by atoms with Crippen LogP contribution in [-0.2, 0) is 28.5 Å². The second kappa shape index (κ2) is 12.4. The van der Waals surface area contributed by atoms with Gasteiger partial charge in [0.1, 0.15) is 49.3 Å². The summed E-state index contributed by atoms with van der Waals surface area (Å²) in [6.45, 7) is 3.63. The van der Waals surface area contributed by atoms with Crippen LogP contribution in [0.2, 0.25) is 0 Å². The van der Waals surface area contributed by atoms with Gasteiger partial charge >= 0.3 is 5.97 Å². The third kappa shape index (κ3) is 5.24. The molecule has 0 unspecified atom stereocenters. The third-order valence-electron chi connectivity index (χ3n) is 14.0. The lowest BCUT2D eigenvalue weighted by molar-refractivity contribution is -0.357. The summed E-state index contributed by atoms with van der Waals surface area (Å²) >= 11 is 0. The van der Waals surface area contributed by atoms with Crippen molar-refractivity contribution in [2.75, 3.05) is 19.8 Å². The van der Waals surface area contributed by atoms with Crippen LogP contribution in [0.5, 0.6) is 0 Å². The molecule has 0 aromatic heterocycles. The fraction of sp³-hybridized carbons (Fsp3) is 0.912. The fourth-order valence-electron chi connectivity index (χ4n) is 11.1. The first-order valence-corrected chi connectivity index (χ1v) is 17.6. The largest absolute Gasteiger partial charge is 0.458 e. The van der Waals surface area contributed by atoms with Crippen molar-refractivity contribution in [1.29, 1.82) is 0 Å². The highest BCUT2D eigenvalue weighted by molar-refractivity contribution is 5.85. The Kier molecular flexibility index (Phi) is 9.12. The number of hydrogen-bond acceptors (Lipinski definition) is 14. The van der Waals surface area contributed by atoms with Crippen molar-refractivity contribution in [1.82, 2.24) is 0 Å². The van der Waals surface area contributed by atoms with Gasteiger partial charge in [-0.2, -0.15) is 0 Å². The SMILES string of the molecule is C[C@]12CC[C@H](O[C@@H]3O[C@H](CO)[C@@H](O[C@@H]4OC[C@@H](O)[C@H](O)[C@H]4O)[C@@H](O)[C@H]3O)C[C@@]1(O)CC[C@@H]1[C@@H]2CC[C@]2(C)[C@@H](C3=CC(=O)OC3)CC[C@]12O. The van der Waals surface area contributed by atoms with E-state index in [1.165, 1.54) is 0 Å².